The first-order chi connectivity index (χ1) is 15.3. The highest BCUT2D eigenvalue weighted by Crippen LogP contribution is 2.33. The van der Waals surface area contributed by atoms with Gasteiger partial charge in [-0.25, -0.2) is 4.39 Å². The maximum Gasteiger partial charge on any atom is 0.419 e. The van der Waals surface area contributed by atoms with Gasteiger partial charge in [0.15, 0.2) is 0 Å². The third-order valence-electron chi connectivity index (χ3n) is 5.84. The number of carbonyl (C=O) groups excluding carboxylic acids is 2. The highest BCUT2D eigenvalue weighted by atomic mass is 19.4. The van der Waals surface area contributed by atoms with Gasteiger partial charge in [0, 0.05) is 18.8 Å². The predicted molar refractivity (Wildman–Crippen MR) is 115 cm³/mol. The molecule has 2 aromatic carbocycles. The number of aryl methyl sites for hydroxylation is 1. The first kappa shape index (κ1) is 24.7. The fourth-order valence-electron chi connectivity index (χ4n) is 3.88. The van der Waals surface area contributed by atoms with Crippen molar-refractivity contribution >= 4 is 17.5 Å². The Labute approximate surface area is 189 Å². The number of anilines is 1. The number of aliphatic hydroxyl groups is 1. The average molecular weight is 466 g/mol. The topological polar surface area (TPSA) is 69.6 Å². The van der Waals surface area contributed by atoms with Crippen molar-refractivity contribution < 1.29 is 32.3 Å². The van der Waals surface area contributed by atoms with E-state index in [9.17, 15) is 32.3 Å². The van der Waals surface area contributed by atoms with Gasteiger partial charge >= 0.3 is 6.18 Å². The molecular formula is C24H26F4N2O3. The molecule has 0 saturated carbocycles. The Balaban J connectivity index is 1.77. The minimum absolute atomic E-state index is 0.128. The second kappa shape index (κ2) is 9.13. The van der Waals surface area contributed by atoms with Gasteiger partial charge in [-0.05, 0) is 61.6 Å². The predicted octanol–water partition coefficient (Wildman–Crippen LogP) is 4.24. The lowest BCUT2D eigenvalue weighted by molar-refractivity contribution is -0.143. The van der Waals surface area contributed by atoms with Crippen LogP contribution in [0.15, 0.2) is 30.3 Å². The molecule has 33 heavy (non-hydrogen) atoms. The van der Waals surface area contributed by atoms with E-state index in [0.29, 0.717) is 31.3 Å². The number of alkyl halides is 3. The summed E-state index contributed by atoms with van der Waals surface area (Å²) < 4.78 is 52.1. The van der Waals surface area contributed by atoms with Crippen LogP contribution >= 0.6 is 0 Å². The molecule has 1 aliphatic heterocycles. The van der Waals surface area contributed by atoms with Gasteiger partial charge in [0.25, 0.3) is 0 Å². The molecule has 2 amide bonds. The molecule has 2 aromatic rings. The van der Waals surface area contributed by atoms with Crippen LogP contribution in [0.5, 0.6) is 0 Å². The lowest BCUT2D eigenvalue weighted by Crippen LogP contribution is -2.45. The first-order valence-electron chi connectivity index (χ1n) is 10.5. The average Bonchev–Trinajstić information content (AvgIpc) is 2.74. The lowest BCUT2D eigenvalue weighted by atomic mass is 9.89. The Morgan fingerprint density at radius 1 is 1.15 bits per heavy atom. The molecule has 1 aliphatic rings. The summed E-state index contributed by atoms with van der Waals surface area (Å²) in [4.78, 5) is 27.0. The Morgan fingerprint density at radius 3 is 2.45 bits per heavy atom. The molecule has 0 spiro atoms. The Bertz CT molecular complexity index is 1080. The maximum absolute atomic E-state index is 13.8. The van der Waals surface area contributed by atoms with Crippen molar-refractivity contribution in [3.63, 3.8) is 0 Å². The van der Waals surface area contributed by atoms with Crippen molar-refractivity contribution in [3.05, 3.63) is 64.0 Å². The number of hydrogen-bond donors (Lipinski definition) is 2. The maximum atomic E-state index is 13.8. The van der Waals surface area contributed by atoms with Gasteiger partial charge in [-0.15, -0.1) is 0 Å². The number of rotatable bonds is 5. The molecule has 1 heterocycles. The lowest BCUT2D eigenvalue weighted by Gasteiger charge is -2.35. The first-order valence-corrected chi connectivity index (χ1v) is 10.5. The summed E-state index contributed by atoms with van der Waals surface area (Å²) in [7, 11) is 0. The zero-order valence-corrected chi connectivity index (χ0v) is 18.6. The molecule has 0 bridgehead atoms. The zero-order chi connectivity index (χ0) is 24.6. The second-order valence-electron chi connectivity index (χ2n) is 8.95. The number of hydrogen-bond acceptors (Lipinski definition) is 3. The summed E-state index contributed by atoms with van der Waals surface area (Å²) in [6, 6.07) is 6.15. The standard InChI is InChI=1S/C24H26F4N2O3/c1-14-4-6-16-12-30(22(33)23(2,3)13-31)9-8-17(16)21(14)29-20(32)11-15-5-7-18(19(25)10-15)24(26,27)28/h4-7,10,31H,8-9,11-13H2,1-3H3,(H,29,32). The molecule has 3 rings (SSSR count). The van der Waals surface area contributed by atoms with Crippen LogP contribution in [0.3, 0.4) is 0 Å². The summed E-state index contributed by atoms with van der Waals surface area (Å²) in [6.45, 7) is 5.66. The van der Waals surface area contributed by atoms with E-state index in [1.54, 1.807) is 18.7 Å². The number of carbonyl (C=O) groups is 2. The van der Waals surface area contributed by atoms with Crippen LogP contribution in [0.1, 0.15) is 41.7 Å². The third kappa shape index (κ3) is 5.35. The molecule has 0 unspecified atom stereocenters. The van der Waals surface area contributed by atoms with E-state index >= 15 is 0 Å². The van der Waals surface area contributed by atoms with E-state index in [2.05, 4.69) is 5.32 Å². The Hall–Kier alpha value is -2.94. The summed E-state index contributed by atoms with van der Waals surface area (Å²) in [5, 5.41) is 12.3. The van der Waals surface area contributed by atoms with Gasteiger partial charge in [0.05, 0.1) is 24.0 Å². The molecule has 0 atom stereocenters. The molecule has 9 heteroatoms. The van der Waals surface area contributed by atoms with E-state index in [0.717, 1.165) is 28.8 Å². The molecule has 0 saturated heterocycles. The minimum Gasteiger partial charge on any atom is -0.395 e. The number of nitrogens with one attached hydrogen (secondary N) is 1. The Morgan fingerprint density at radius 2 is 1.85 bits per heavy atom. The highest BCUT2D eigenvalue weighted by Gasteiger charge is 2.35. The van der Waals surface area contributed by atoms with Crippen LogP contribution in [-0.4, -0.2) is 35.0 Å². The van der Waals surface area contributed by atoms with Gasteiger partial charge in [0.2, 0.25) is 11.8 Å². The van der Waals surface area contributed by atoms with Crippen molar-refractivity contribution in [1.29, 1.82) is 0 Å². The van der Waals surface area contributed by atoms with Crippen LogP contribution in [-0.2, 0) is 35.2 Å². The van der Waals surface area contributed by atoms with Crippen molar-refractivity contribution in [2.45, 2.75) is 46.3 Å². The summed E-state index contributed by atoms with van der Waals surface area (Å²) in [5.74, 6) is -2.06. The number of nitrogens with zero attached hydrogens (tertiary/aromatic N) is 1. The molecule has 5 nitrogen and oxygen atoms in total. The molecule has 0 aliphatic carbocycles. The van der Waals surface area contributed by atoms with Crippen LogP contribution in [0, 0.1) is 18.2 Å². The molecule has 0 radical (unpaired) electrons. The van der Waals surface area contributed by atoms with E-state index in [-0.39, 0.29) is 24.5 Å². The van der Waals surface area contributed by atoms with E-state index in [4.69, 9.17) is 0 Å². The van der Waals surface area contributed by atoms with E-state index in [1.807, 2.05) is 19.1 Å². The molecule has 2 N–H and O–H groups in total. The summed E-state index contributed by atoms with van der Waals surface area (Å²) in [5.41, 5.74) is 1.01. The largest absolute Gasteiger partial charge is 0.419 e. The molecule has 0 aromatic heterocycles. The van der Waals surface area contributed by atoms with E-state index in [1.165, 1.54) is 0 Å². The molecular weight excluding hydrogens is 440 g/mol. The monoisotopic (exact) mass is 466 g/mol. The fourth-order valence-corrected chi connectivity index (χ4v) is 3.88. The third-order valence-corrected chi connectivity index (χ3v) is 5.84. The van der Waals surface area contributed by atoms with Crippen LogP contribution < -0.4 is 5.32 Å². The van der Waals surface area contributed by atoms with Crippen molar-refractivity contribution in [2.75, 3.05) is 18.5 Å². The number of aliphatic hydroxyl groups excluding tert-OH is 1. The quantitative estimate of drug-likeness (QED) is 0.648. The van der Waals surface area contributed by atoms with Crippen LogP contribution in [0.4, 0.5) is 23.2 Å². The SMILES string of the molecule is Cc1ccc2c(c1NC(=O)Cc1ccc(C(F)(F)F)c(F)c1)CCN(C(=O)C(C)(C)CO)C2. The normalized spacial score (nSPS) is 14.1. The zero-order valence-electron chi connectivity index (χ0n) is 18.6. The van der Waals surface area contributed by atoms with Crippen LogP contribution in [0.25, 0.3) is 0 Å². The van der Waals surface area contributed by atoms with Gasteiger partial charge < -0.3 is 15.3 Å². The van der Waals surface area contributed by atoms with Gasteiger partial charge in [0.1, 0.15) is 5.82 Å². The summed E-state index contributed by atoms with van der Waals surface area (Å²) >= 11 is 0. The molecule has 0 fully saturated rings. The fraction of sp³-hybridized carbons (Fsp3) is 0.417. The minimum atomic E-state index is -4.80. The van der Waals surface area contributed by atoms with Crippen molar-refractivity contribution in [2.24, 2.45) is 5.41 Å². The number of halogens is 4. The number of fused-ring (bicyclic) bond motifs is 1. The summed E-state index contributed by atoms with van der Waals surface area (Å²) in [6.07, 6.45) is -4.59. The highest BCUT2D eigenvalue weighted by molar-refractivity contribution is 5.94. The molecule has 178 valence electrons. The van der Waals surface area contributed by atoms with Crippen molar-refractivity contribution in [3.8, 4) is 0 Å². The Kier molecular flexibility index (Phi) is 6.83. The van der Waals surface area contributed by atoms with Gasteiger partial charge in [-0.3, -0.25) is 9.59 Å². The number of benzene rings is 2. The number of amides is 2. The smallest absolute Gasteiger partial charge is 0.395 e. The van der Waals surface area contributed by atoms with Crippen LogP contribution in [0.2, 0.25) is 0 Å². The van der Waals surface area contributed by atoms with E-state index < -0.39 is 28.9 Å². The second-order valence-corrected chi connectivity index (χ2v) is 8.95. The van der Waals surface area contributed by atoms with Gasteiger partial charge in [-0.1, -0.05) is 18.2 Å². The van der Waals surface area contributed by atoms with Crippen molar-refractivity contribution in [1.82, 2.24) is 4.90 Å². The van der Waals surface area contributed by atoms with Gasteiger partial charge in [-0.2, -0.15) is 13.2 Å².